The molecule has 0 unspecified atom stereocenters. The van der Waals surface area contributed by atoms with Crippen LogP contribution in [0.25, 0.3) is 0 Å². The van der Waals surface area contributed by atoms with Crippen LogP contribution >= 0.6 is 23.4 Å². The van der Waals surface area contributed by atoms with Crippen LogP contribution in [0, 0.1) is 5.92 Å². The van der Waals surface area contributed by atoms with Gasteiger partial charge in [0.15, 0.2) is 5.78 Å². The zero-order chi connectivity index (χ0) is 17.6. The van der Waals surface area contributed by atoms with Crippen molar-refractivity contribution in [3.05, 3.63) is 11.6 Å². The molecule has 5 nitrogen and oxygen atoms in total. The molecule has 0 bridgehead atoms. The van der Waals surface area contributed by atoms with Gasteiger partial charge in [-0.15, -0.1) is 0 Å². The summed E-state index contributed by atoms with van der Waals surface area (Å²) in [6.07, 6.45) is 4.38. The van der Waals surface area contributed by atoms with Crippen molar-refractivity contribution in [2.75, 3.05) is 12.4 Å². The van der Waals surface area contributed by atoms with Gasteiger partial charge in [-0.2, -0.15) is 11.8 Å². The fourth-order valence-electron chi connectivity index (χ4n) is 2.89. The number of Topliss-reactive ketones (excluding diaryl/α,β-unsaturated/α-hetero) is 3. The first kappa shape index (κ1) is 19.2. The Kier molecular flexibility index (Phi) is 7.04. The van der Waals surface area contributed by atoms with Crippen molar-refractivity contribution in [1.29, 1.82) is 0 Å². The van der Waals surface area contributed by atoms with E-state index in [2.05, 4.69) is 12.1 Å². The van der Waals surface area contributed by atoms with Gasteiger partial charge in [0.1, 0.15) is 23.9 Å². The maximum Gasteiger partial charge on any atom is 0.184 e. The number of halogens is 1. The van der Waals surface area contributed by atoms with Gasteiger partial charge >= 0.3 is 0 Å². The minimum absolute atomic E-state index is 0.0527. The third kappa shape index (κ3) is 5.45. The van der Waals surface area contributed by atoms with Crippen LogP contribution in [0.4, 0.5) is 0 Å². The second-order valence-electron chi connectivity index (χ2n) is 6.21. The highest BCUT2D eigenvalue weighted by Gasteiger charge is 2.46. The molecule has 2 saturated carbocycles. The summed E-state index contributed by atoms with van der Waals surface area (Å²) in [7, 11) is 0. The first-order valence-electron chi connectivity index (χ1n) is 8.15. The van der Waals surface area contributed by atoms with Gasteiger partial charge in [-0.3, -0.25) is 14.4 Å². The van der Waals surface area contributed by atoms with E-state index in [1.54, 1.807) is 6.08 Å². The van der Waals surface area contributed by atoms with Crippen molar-refractivity contribution in [2.45, 2.75) is 50.2 Å². The number of hydrogen-bond acceptors (Lipinski definition) is 6. The summed E-state index contributed by atoms with van der Waals surface area (Å²) in [6, 6.07) is 0. The van der Waals surface area contributed by atoms with Gasteiger partial charge in [0.05, 0.1) is 6.42 Å². The molecule has 0 aliphatic heterocycles. The van der Waals surface area contributed by atoms with Gasteiger partial charge in [0.2, 0.25) is 0 Å². The Labute approximate surface area is 151 Å². The first-order valence-corrected chi connectivity index (χ1v) is 9.57. The summed E-state index contributed by atoms with van der Waals surface area (Å²) in [5.74, 6) is -0.183. The molecule has 0 atom stereocenters. The molecule has 0 aromatic carbocycles. The zero-order valence-corrected chi connectivity index (χ0v) is 15.3. The molecule has 0 radical (unpaired) electrons. The van der Waals surface area contributed by atoms with Gasteiger partial charge < -0.3 is 4.84 Å². The smallest absolute Gasteiger partial charge is 0.184 e. The molecular formula is C17H22ClNO4S. The third-order valence-electron chi connectivity index (χ3n) is 4.18. The van der Waals surface area contributed by atoms with Crippen LogP contribution in [0.3, 0.4) is 0 Å². The summed E-state index contributed by atoms with van der Waals surface area (Å²) >= 11 is 7.26. The lowest BCUT2D eigenvalue weighted by molar-refractivity contribution is -0.135. The zero-order valence-electron chi connectivity index (χ0n) is 13.8. The minimum atomic E-state index is -0.591. The van der Waals surface area contributed by atoms with Crippen molar-refractivity contribution in [1.82, 2.24) is 0 Å². The van der Waals surface area contributed by atoms with E-state index in [-0.39, 0.29) is 48.0 Å². The van der Waals surface area contributed by atoms with Crippen LogP contribution in [-0.4, -0.2) is 40.2 Å². The van der Waals surface area contributed by atoms with Crippen LogP contribution in [0.2, 0.25) is 0 Å². The lowest BCUT2D eigenvalue weighted by Crippen LogP contribution is -2.34. The third-order valence-corrected chi connectivity index (χ3v) is 5.81. The van der Waals surface area contributed by atoms with Crippen molar-refractivity contribution < 1.29 is 19.2 Å². The van der Waals surface area contributed by atoms with E-state index >= 15 is 0 Å². The monoisotopic (exact) mass is 371 g/mol. The Morgan fingerprint density at radius 1 is 1.38 bits per heavy atom. The van der Waals surface area contributed by atoms with Crippen molar-refractivity contribution in [3.63, 3.8) is 0 Å². The highest BCUT2D eigenvalue weighted by Crippen LogP contribution is 2.51. The number of rotatable bonds is 9. The van der Waals surface area contributed by atoms with Crippen molar-refractivity contribution in [2.24, 2.45) is 11.1 Å². The average molecular weight is 372 g/mol. The molecule has 0 amide bonds. The second-order valence-corrected chi connectivity index (χ2v) is 8.20. The van der Waals surface area contributed by atoms with Crippen LogP contribution in [0.1, 0.15) is 45.4 Å². The predicted octanol–water partition coefficient (Wildman–Crippen LogP) is 3.29. The molecule has 0 aromatic rings. The molecule has 0 heterocycles. The molecular weight excluding hydrogens is 350 g/mol. The number of thioether (sulfide) groups is 1. The van der Waals surface area contributed by atoms with Crippen LogP contribution in [0.15, 0.2) is 16.8 Å². The maximum atomic E-state index is 12.8. The van der Waals surface area contributed by atoms with E-state index in [4.69, 9.17) is 16.4 Å². The molecule has 2 fully saturated rings. The molecule has 132 valence electrons. The molecule has 2 aliphatic carbocycles. The summed E-state index contributed by atoms with van der Waals surface area (Å²) in [5, 5.41) is 4.02. The SMILES string of the molecule is CCSC1(C/C(=N\OC/C=C/Cl)C(=O)C2CC(=O)CC(=O)C2)CC1. The van der Waals surface area contributed by atoms with E-state index in [9.17, 15) is 14.4 Å². The Hall–Kier alpha value is -1.14. The number of nitrogens with zero attached hydrogens (tertiary/aromatic N) is 1. The van der Waals surface area contributed by atoms with E-state index < -0.39 is 5.92 Å². The molecule has 7 heteroatoms. The van der Waals surface area contributed by atoms with Gasteiger partial charge in [0.25, 0.3) is 0 Å². The highest BCUT2D eigenvalue weighted by molar-refractivity contribution is 8.00. The van der Waals surface area contributed by atoms with E-state index in [0.717, 1.165) is 18.6 Å². The number of carbonyl (C=O) groups excluding carboxylic acids is 3. The molecule has 0 spiro atoms. The Morgan fingerprint density at radius 3 is 2.58 bits per heavy atom. The van der Waals surface area contributed by atoms with Crippen LogP contribution < -0.4 is 0 Å². The fourth-order valence-corrected chi connectivity index (χ4v) is 4.20. The number of hydrogen-bond donors (Lipinski definition) is 0. The summed E-state index contributed by atoms with van der Waals surface area (Å²) < 4.78 is 0.0532. The lowest BCUT2D eigenvalue weighted by Gasteiger charge is -2.21. The minimum Gasteiger partial charge on any atom is -0.391 e. The predicted molar refractivity (Wildman–Crippen MR) is 95.5 cm³/mol. The molecule has 24 heavy (non-hydrogen) atoms. The normalized spacial score (nSPS) is 21.3. The largest absolute Gasteiger partial charge is 0.391 e. The van der Waals surface area contributed by atoms with Crippen LogP contribution in [0.5, 0.6) is 0 Å². The standard InChI is InChI=1S/C17H22ClNO4S/c1-2-24-17(4-5-17)11-15(19-23-7-3-6-18)16(22)12-8-13(20)10-14(21)9-12/h3,6,12H,2,4-5,7-11H2,1H3/b6-3+,19-15+. The topological polar surface area (TPSA) is 72.8 Å². The average Bonchev–Trinajstić information content (AvgIpc) is 3.28. The van der Waals surface area contributed by atoms with E-state index in [1.807, 2.05) is 11.8 Å². The van der Waals surface area contributed by atoms with Crippen molar-refractivity contribution >= 4 is 46.4 Å². The Morgan fingerprint density at radius 2 is 2.04 bits per heavy atom. The molecule has 0 saturated heterocycles. The Balaban J connectivity index is 2.10. The maximum absolute atomic E-state index is 12.8. The lowest BCUT2D eigenvalue weighted by atomic mass is 9.82. The summed E-state index contributed by atoms with van der Waals surface area (Å²) in [6.45, 7) is 2.26. The van der Waals surface area contributed by atoms with Gasteiger partial charge in [-0.05, 0) is 24.7 Å². The molecule has 2 rings (SSSR count). The molecule has 2 aliphatic rings. The quantitative estimate of drug-likeness (QED) is 0.269. The second kappa shape index (κ2) is 8.81. The fraction of sp³-hybridized carbons (Fsp3) is 0.647. The highest BCUT2D eigenvalue weighted by atomic mass is 35.5. The summed E-state index contributed by atoms with van der Waals surface area (Å²) in [4.78, 5) is 41.2. The summed E-state index contributed by atoms with van der Waals surface area (Å²) in [5.41, 5.74) is 1.66. The number of carbonyl (C=O) groups is 3. The number of ketones is 3. The number of oxime groups is 1. The first-order chi connectivity index (χ1) is 11.5. The van der Waals surface area contributed by atoms with Gasteiger partial charge in [-0.1, -0.05) is 23.7 Å². The van der Waals surface area contributed by atoms with Gasteiger partial charge in [-0.25, -0.2) is 0 Å². The Bertz CT molecular complexity index is 553. The molecule has 0 aromatic heterocycles. The van der Waals surface area contributed by atoms with E-state index in [1.165, 1.54) is 5.54 Å². The molecule has 0 N–H and O–H groups in total. The van der Waals surface area contributed by atoms with Gasteiger partial charge in [0, 0.05) is 35.5 Å². The van der Waals surface area contributed by atoms with Crippen LogP contribution in [-0.2, 0) is 19.2 Å². The van der Waals surface area contributed by atoms with E-state index in [0.29, 0.717) is 12.1 Å². The van der Waals surface area contributed by atoms with Crippen molar-refractivity contribution in [3.8, 4) is 0 Å².